The van der Waals surface area contributed by atoms with Crippen LogP contribution in [0.5, 0.6) is 0 Å². The molecular formula is C19H30N2O4S. The van der Waals surface area contributed by atoms with Crippen LogP contribution in [0.2, 0.25) is 0 Å². The molecular weight excluding hydrogens is 352 g/mol. The fourth-order valence-electron chi connectivity index (χ4n) is 3.35. The van der Waals surface area contributed by atoms with Gasteiger partial charge in [-0.15, -0.1) is 0 Å². The van der Waals surface area contributed by atoms with Gasteiger partial charge in [0.2, 0.25) is 10.0 Å². The fourth-order valence-corrected chi connectivity index (χ4v) is 4.91. The molecule has 1 aliphatic rings. The molecule has 1 aromatic rings. The van der Waals surface area contributed by atoms with E-state index in [0.717, 1.165) is 19.6 Å². The summed E-state index contributed by atoms with van der Waals surface area (Å²) in [5.41, 5.74) is 0.613. The first kappa shape index (κ1) is 20.9. The molecule has 1 saturated heterocycles. The molecule has 1 atom stereocenters. The average Bonchev–Trinajstić information content (AvgIpc) is 2.60. The van der Waals surface area contributed by atoms with Crippen molar-refractivity contribution in [3.05, 3.63) is 29.3 Å². The third kappa shape index (κ3) is 5.53. The van der Waals surface area contributed by atoms with Crippen LogP contribution in [0.3, 0.4) is 0 Å². The van der Waals surface area contributed by atoms with Crippen molar-refractivity contribution in [3.8, 4) is 0 Å². The first-order valence-corrected chi connectivity index (χ1v) is 10.8. The van der Waals surface area contributed by atoms with Gasteiger partial charge in [-0.25, -0.2) is 17.9 Å². The Bertz CT molecular complexity index is 725. The maximum absolute atomic E-state index is 12.8. The van der Waals surface area contributed by atoms with Crippen molar-refractivity contribution in [2.45, 2.75) is 50.8 Å². The van der Waals surface area contributed by atoms with Crippen molar-refractivity contribution in [1.82, 2.24) is 9.62 Å². The van der Waals surface area contributed by atoms with E-state index in [1.807, 2.05) is 20.8 Å². The third-order valence-corrected chi connectivity index (χ3v) is 6.29. The van der Waals surface area contributed by atoms with E-state index in [9.17, 15) is 18.3 Å². The van der Waals surface area contributed by atoms with Gasteiger partial charge in [-0.2, -0.15) is 0 Å². The normalized spacial score (nSPS) is 17.4. The minimum absolute atomic E-state index is 0.0175. The number of likely N-dealkylation sites (tertiary alicyclic amines) is 1. The van der Waals surface area contributed by atoms with E-state index < -0.39 is 16.0 Å². The molecule has 0 amide bonds. The van der Waals surface area contributed by atoms with Crippen molar-refractivity contribution in [1.29, 1.82) is 0 Å². The number of piperidine rings is 1. The van der Waals surface area contributed by atoms with Crippen molar-refractivity contribution in [2.24, 2.45) is 5.92 Å². The molecule has 1 aromatic carbocycles. The first-order chi connectivity index (χ1) is 12.2. The predicted octanol–water partition coefficient (Wildman–Crippen LogP) is 2.91. The molecule has 1 unspecified atom stereocenters. The molecule has 7 heteroatoms. The van der Waals surface area contributed by atoms with Gasteiger partial charge in [0.15, 0.2) is 0 Å². The predicted molar refractivity (Wildman–Crippen MR) is 102 cm³/mol. The standard InChI is InChI=1S/C19H30N2O4S/c1-14(2)17-8-7-16(19(22)23)11-18(17)26(24,25)20-12-15(3)13-21-9-5-4-6-10-21/h7-8,11,14-15,20H,4-6,9-10,12-13H2,1-3H3,(H,22,23). The van der Waals surface area contributed by atoms with Gasteiger partial charge in [0.25, 0.3) is 0 Å². The second-order valence-corrected chi connectivity index (χ2v) is 9.27. The summed E-state index contributed by atoms with van der Waals surface area (Å²) in [7, 11) is -3.76. The molecule has 2 rings (SSSR count). The van der Waals surface area contributed by atoms with Crippen molar-refractivity contribution in [2.75, 3.05) is 26.2 Å². The highest BCUT2D eigenvalue weighted by Gasteiger charge is 2.23. The van der Waals surface area contributed by atoms with Crippen LogP contribution >= 0.6 is 0 Å². The second-order valence-electron chi connectivity index (χ2n) is 7.53. The number of sulfonamides is 1. The number of carbonyl (C=O) groups is 1. The van der Waals surface area contributed by atoms with Crippen LogP contribution < -0.4 is 4.72 Å². The van der Waals surface area contributed by atoms with Crippen LogP contribution in [0.1, 0.15) is 61.9 Å². The smallest absolute Gasteiger partial charge is 0.335 e. The van der Waals surface area contributed by atoms with Gasteiger partial charge in [-0.05, 0) is 55.5 Å². The monoisotopic (exact) mass is 382 g/mol. The van der Waals surface area contributed by atoms with Gasteiger partial charge >= 0.3 is 5.97 Å². The Morgan fingerprint density at radius 1 is 1.19 bits per heavy atom. The molecule has 1 aliphatic heterocycles. The lowest BCUT2D eigenvalue weighted by molar-refractivity contribution is 0.0696. The summed E-state index contributed by atoms with van der Waals surface area (Å²) in [4.78, 5) is 13.7. The maximum Gasteiger partial charge on any atom is 0.335 e. The van der Waals surface area contributed by atoms with E-state index in [0.29, 0.717) is 12.1 Å². The number of rotatable bonds is 8. The van der Waals surface area contributed by atoms with Crippen LogP contribution in [0.25, 0.3) is 0 Å². The molecule has 0 bridgehead atoms. The van der Waals surface area contributed by atoms with E-state index in [1.165, 1.54) is 31.4 Å². The summed E-state index contributed by atoms with van der Waals surface area (Å²) in [6, 6.07) is 4.31. The van der Waals surface area contributed by atoms with Crippen LogP contribution in [-0.4, -0.2) is 50.6 Å². The van der Waals surface area contributed by atoms with Gasteiger partial charge in [0.05, 0.1) is 10.5 Å². The Morgan fingerprint density at radius 3 is 2.42 bits per heavy atom. The number of hydrogen-bond acceptors (Lipinski definition) is 4. The number of carboxylic acids is 1. The Balaban J connectivity index is 2.10. The van der Waals surface area contributed by atoms with E-state index in [2.05, 4.69) is 9.62 Å². The summed E-state index contributed by atoms with van der Waals surface area (Å²) in [6.07, 6.45) is 3.69. The third-order valence-electron chi connectivity index (χ3n) is 4.81. The van der Waals surface area contributed by atoms with E-state index in [4.69, 9.17) is 0 Å². The van der Waals surface area contributed by atoms with Gasteiger partial charge in [0, 0.05) is 13.1 Å². The van der Waals surface area contributed by atoms with Gasteiger partial charge in [0.1, 0.15) is 0 Å². The van der Waals surface area contributed by atoms with Crippen molar-refractivity contribution in [3.63, 3.8) is 0 Å². The summed E-state index contributed by atoms with van der Waals surface area (Å²) in [5.74, 6) is -0.960. The second kappa shape index (κ2) is 8.97. The molecule has 0 radical (unpaired) electrons. The number of nitrogens with zero attached hydrogens (tertiary/aromatic N) is 1. The molecule has 0 aromatic heterocycles. The summed E-state index contributed by atoms with van der Waals surface area (Å²) in [5, 5.41) is 9.18. The Morgan fingerprint density at radius 2 is 1.85 bits per heavy atom. The van der Waals surface area contributed by atoms with Crippen molar-refractivity contribution < 1.29 is 18.3 Å². The Labute approximate surface area is 156 Å². The SMILES string of the molecule is CC(CNS(=O)(=O)c1cc(C(=O)O)ccc1C(C)C)CN1CCCCC1. The van der Waals surface area contributed by atoms with Gasteiger partial charge < -0.3 is 10.0 Å². The molecule has 6 nitrogen and oxygen atoms in total. The number of benzene rings is 1. The zero-order valence-corrected chi connectivity index (χ0v) is 16.7. The molecule has 26 heavy (non-hydrogen) atoms. The number of hydrogen-bond donors (Lipinski definition) is 2. The topological polar surface area (TPSA) is 86.7 Å². The van der Waals surface area contributed by atoms with Gasteiger partial charge in [-0.3, -0.25) is 0 Å². The highest BCUT2D eigenvalue weighted by Crippen LogP contribution is 2.25. The van der Waals surface area contributed by atoms with Gasteiger partial charge in [-0.1, -0.05) is 33.3 Å². The molecule has 0 spiro atoms. The molecule has 0 saturated carbocycles. The molecule has 1 fully saturated rings. The minimum atomic E-state index is -3.76. The minimum Gasteiger partial charge on any atom is -0.478 e. The lowest BCUT2D eigenvalue weighted by Gasteiger charge is -2.29. The van der Waals surface area contributed by atoms with Crippen LogP contribution in [0.4, 0.5) is 0 Å². The molecule has 146 valence electrons. The average molecular weight is 383 g/mol. The lowest BCUT2D eigenvalue weighted by Crippen LogP contribution is -2.38. The Hall–Kier alpha value is -1.44. The lowest BCUT2D eigenvalue weighted by atomic mass is 10.0. The first-order valence-electron chi connectivity index (χ1n) is 9.30. The zero-order valence-electron chi connectivity index (χ0n) is 15.9. The number of aromatic carboxylic acids is 1. The Kier molecular flexibility index (Phi) is 7.20. The summed E-state index contributed by atoms with van der Waals surface area (Å²) < 4.78 is 28.3. The van der Waals surface area contributed by atoms with Crippen LogP contribution in [0.15, 0.2) is 23.1 Å². The van der Waals surface area contributed by atoms with Crippen molar-refractivity contribution >= 4 is 16.0 Å². The zero-order chi connectivity index (χ0) is 19.3. The summed E-state index contributed by atoms with van der Waals surface area (Å²) >= 11 is 0. The summed E-state index contributed by atoms with van der Waals surface area (Å²) in [6.45, 7) is 9.20. The molecule has 0 aliphatic carbocycles. The highest BCUT2D eigenvalue weighted by atomic mass is 32.2. The van der Waals surface area contributed by atoms with Crippen LogP contribution in [-0.2, 0) is 10.0 Å². The van der Waals surface area contributed by atoms with E-state index in [1.54, 1.807) is 6.07 Å². The largest absolute Gasteiger partial charge is 0.478 e. The number of carboxylic acid groups (broad SMARTS) is 1. The van der Waals surface area contributed by atoms with E-state index in [-0.39, 0.29) is 22.3 Å². The fraction of sp³-hybridized carbons (Fsp3) is 0.632. The molecule has 1 heterocycles. The quantitative estimate of drug-likeness (QED) is 0.722. The van der Waals surface area contributed by atoms with Crippen LogP contribution in [0, 0.1) is 5.92 Å². The highest BCUT2D eigenvalue weighted by molar-refractivity contribution is 7.89. The number of nitrogens with one attached hydrogen (secondary N) is 1. The maximum atomic E-state index is 12.8. The van der Waals surface area contributed by atoms with E-state index >= 15 is 0 Å². The molecule has 2 N–H and O–H groups in total.